The summed E-state index contributed by atoms with van der Waals surface area (Å²) in [4.78, 5) is 11.4. The lowest BCUT2D eigenvalue weighted by Crippen LogP contribution is -2.31. The molecule has 0 atom stereocenters. The van der Waals surface area contributed by atoms with Crippen molar-refractivity contribution in [2.75, 3.05) is 0 Å². The second-order valence-corrected chi connectivity index (χ2v) is 5.37. The van der Waals surface area contributed by atoms with Crippen LogP contribution in [-0.2, 0) is 0 Å². The number of hydrogen-bond acceptors (Lipinski definition) is 3. The van der Waals surface area contributed by atoms with Crippen LogP contribution in [0.1, 0.15) is 41.6 Å². The first-order chi connectivity index (χ1) is 8.56. The Morgan fingerprint density at radius 2 is 2.00 bits per heavy atom. The maximum atomic E-state index is 11.4. The molecule has 0 aliphatic heterocycles. The van der Waals surface area contributed by atoms with E-state index in [9.17, 15) is 4.79 Å². The van der Waals surface area contributed by atoms with Gasteiger partial charge in [0.05, 0.1) is 11.7 Å². The lowest BCUT2D eigenvalue weighted by Gasteiger charge is -2.27. The highest BCUT2D eigenvalue weighted by Crippen LogP contribution is 2.27. The summed E-state index contributed by atoms with van der Waals surface area (Å²) >= 11 is 3.88. The predicted molar refractivity (Wildman–Crippen MR) is 75.4 cm³/mol. The monoisotopic (exact) mass is 265 g/mol. The number of carbonyl (C=O) groups excluding carboxylic acids is 1. The number of rotatable bonds is 3. The average Bonchev–Trinajstić information content (AvgIpc) is 2.32. The highest BCUT2D eigenvalue weighted by atomic mass is 32.1. The number of benzene rings is 1. The minimum absolute atomic E-state index is 0.165. The molecule has 1 aliphatic carbocycles. The second-order valence-electron chi connectivity index (χ2n) is 4.96. The van der Waals surface area contributed by atoms with Gasteiger partial charge in [0, 0.05) is 6.04 Å². The molecular formula is C14H19NO2S. The summed E-state index contributed by atoms with van der Waals surface area (Å²) in [7, 11) is 0. The molecule has 1 saturated carbocycles. The van der Waals surface area contributed by atoms with Gasteiger partial charge < -0.3 is 10.5 Å². The van der Waals surface area contributed by atoms with Gasteiger partial charge in [-0.3, -0.25) is 4.79 Å². The van der Waals surface area contributed by atoms with Crippen LogP contribution in [0.3, 0.4) is 0 Å². The number of ether oxygens (including phenoxy) is 1. The minimum atomic E-state index is -0.252. The minimum Gasteiger partial charge on any atom is -0.490 e. The molecule has 98 valence electrons. The van der Waals surface area contributed by atoms with Crippen LogP contribution >= 0.6 is 12.6 Å². The normalized spacial score (nSPS) is 23.7. The maximum Gasteiger partial charge on any atom is 0.220 e. The number of aryl methyl sites for hydroxylation is 1. The smallest absolute Gasteiger partial charge is 0.220 e. The standard InChI is InChI=1S/C14H19NO2S/c1-9-2-7-12(14(16)18)13(8-9)17-11-5-3-10(15)4-6-11/h2,7-8,10-11H,3-6,15H2,1H3,(H,16,18). The van der Waals surface area contributed by atoms with Crippen LogP contribution < -0.4 is 10.5 Å². The summed E-state index contributed by atoms with van der Waals surface area (Å²) in [5.74, 6) is 0.649. The van der Waals surface area contributed by atoms with Crippen molar-refractivity contribution in [1.82, 2.24) is 0 Å². The third-order valence-electron chi connectivity index (χ3n) is 3.38. The summed E-state index contributed by atoms with van der Waals surface area (Å²) in [5.41, 5.74) is 7.49. The van der Waals surface area contributed by atoms with E-state index in [0.29, 0.717) is 17.4 Å². The summed E-state index contributed by atoms with van der Waals surface area (Å²) in [5, 5.41) is -0.252. The van der Waals surface area contributed by atoms with Crippen molar-refractivity contribution in [3.05, 3.63) is 29.3 Å². The van der Waals surface area contributed by atoms with E-state index in [1.165, 1.54) is 0 Å². The van der Waals surface area contributed by atoms with Crippen molar-refractivity contribution in [1.29, 1.82) is 0 Å². The Kier molecular flexibility index (Phi) is 4.30. The molecule has 0 heterocycles. The van der Waals surface area contributed by atoms with Gasteiger partial charge >= 0.3 is 0 Å². The summed E-state index contributed by atoms with van der Waals surface area (Å²) in [6.07, 6.45) is 4.05. The van der Waals surface area contributed by atoms with E-state index in [2.05, 4.69) is 12.6 Å². The lowest BCUT2D eigenvalue weighted by molar-refractivity contribution is 0.107. The zero-order valence-corrected chi connectivity index (χ0v) is 11.5. The van der Waals surface area contributed by atoms with E-state index in [-0.39, 0.29) is 11.2 Å². The van der Waals surface area contributed by atoms with Gasteiger partial charge in [-0.2, -0.15) is 0 Å². The topological polar surface area (TPSA) is 52.3 Å². The van der Waals surface area contributed by atoms with Gasteiger partial charge in [-0.1, -0.05) is 6.07 Å². The van der Waals surface area contributed by atoms with Gasteiger partial charge in [-0.25, -0.2) is 0 Å². The molecule has 1 aliphatic rings. The first-order valence-electron chi connectivity index (χ1n) is 6.32. The Balaban J connectivity index is 2.12. The van der Waals surface area contributed by atoms with Crippen molar-refractivity contribution in [2.45, 2.75) is 44.8 Å². The van der Waals surface area contributed by atoms with Crippen molar-refractivity contribution in [2.24, 2.45) is 5.73 Å². The highest BCUT2D eigenvalue weighted by Gasteiger charge is 2.21. The number of hydrogen-bond donors (Lipinski definition) is 2. The highest BCUT2D eigenvalue weighted by molar-refractivity contribution is 7.97. The third kappa shape index (κ3) is 3.27. The predicted octanol–water partition coefficient (Wildman–Crippen LogP) is 2.71. The molecule has 1 fully saturated rings. The fourth-order valence-corrected chi connectivity index (χ4v) is 2.47. The van der Waals surface area contributed by atoms with Gasteiger partial charge in [0.1, 0.15) is 5.75 Å². The Bertz CT molecular complexity index is 439. The molecule has 1 aromatic carbocycles. The van der Waals surface area contributed by atoms with Crippen molar-refractivity contribution in [3.8, 4) is 5.75 Å². The van der Waals surface area contributed by atoms with Gasteiger partial charge in [0.15, 0.2) is 0 Å². The second kappa shape index (κ2) is 5.76. The quantitative estimate of drug-likeness (QED) is 0.826. The van der Waals surface area contributed by atoms with Crippen LogP contribution in [0.25, 0.3) is 0 Å². The van der Waals surface area contributed by atoms with Crippen LogP contribution in [0.5, 0.6) is 5.75 Å². The average molecular weight is 265 g/mol. The molecule has 0 bridgehead atoms. The van der Waals surface area contributed by atoms with Gasteiger partial charge in [0.2, 0.25) is 5.12 Å². The molecule has 0 radical (unpaired) electrons. The van der Waals surface area contributed by atoms with E-state index in [1.54, 1.807) is 6.07 Å². The van der Waals surface area contributed by atoms with Crippen molar-refractivity contribution < 1.29 is 9.53 Å². The molecule has 0 saturated heterocycles. The summed E-state index contributed by atoms with van der Waals surface area (Å²) in [6.45, 7) is 1.98. The third-order valence-corrected chi connectivity index (χ3v) is 3.62. The Morgan fingerprint density at radius 1 is 1.33 bits per heavy atom. The molecule has 0 aromatic heterocycles. The zero-order chi connectivity index (χ0) is 13.1. The first-order valence-corrected chi connectivity index (χ1v) is 6.77. The molecule has 18 heavy (non-hydrogen) atoms. The van der Waals surface area contributed by atoms with Gasteiger partial charge in [-0.05, 0) is 50.3 Å². The summed E-state index contributed by atoms with van der Waals surface area (Å²) in [6, 6.07) is 5.87. The maximum absolute atomic E-state index is 11.4. The van der Waals surface area contributed by atoms with E-state index < -0.39 is 0 Å². The molecule has 0 unspecified atom stereocenters. The summed E-state index contributed by atoms with van der Waals surface area (Å²) < 4.78 is 5.95. The van der Waals surface area contributed by atoms with E-state index >= 15 is 0 Å². The van der Waals surface area contributed by atoms with E-state index in [0.717, 1.165) is 31.2 Å². The largest absolute Gasteiger partial charge is 0.490 e. The fourth-order valence-electron chi connectivity index (χ4n) is 2.29. The molecule has 2 N–H and O–H groups in total. The Morgan fingerprint density at radius 3 is 2.61 bits per heavy atom. The van der Waals surface area contributed by atoms with Gasteiger partial charge in [-0.15, -0.1) is 12.6 Å². The SMILES string of the molecule is Cc1ccc(C(=O)S)c(OC2CCC(N)CC2)c1. The molecule has 0 spiro atoms. The zero-order valence-electron chi connectivity index (χ0n) is 10.6. The molecule has 3 nitrogen and oxygen atoms in total. The Labute approximate surface area is 113 Å². The van der Waals surface area contributed by atoms with E-state index in [4.69, 9.17) is 10.5 Å². The number of carbonyl (C=O) groups is 1. The van der Waals surface area contributed by atoms with Crippen LogP contribution in [0.4, 0.5) is 0 Å². The van der Waals surface area contributed by atoms with Crippen LogP contribution in [-0.4, -0.2) is 17.3 Å². The van der Waals surface area contributed by atoms with Crippen molar-refractivity contribution >= 4 is 17.7 Å². The molecule has 2 rings (SSSR count). The molecular weight excluding hydrogens is 246 g/mol. The van der Waals surface area contributed by atoms with E-state index in [1.807, 2.05) is 19.1 Å². The van der Waals surface area contributed by atoms with Gasteiger partial charge in [0.25, 0.3) is 0 Å². The number of nitrogens with two attached hydrogens (primary N) is 1. The van der Waals surface area contributed by atoms with Crippen LogP contribution in [0.15, 0.2) is 18.2 Å². The lowest BCUT2D eigenvalue weighted by atomic mass is 9.93. The fraction of sp³-hybridized carbons (Fsp3) is 0.500. The van der Waals surface area contributed by atoms with Crippen molar-refractivity contribution in [3.63, 3.8) is 0 Å². The Hall–Kier alpha value is -1.00. The molecule has 4 heteroatoms. The van der Waals surface area contributed by atoms with Crippen LogP contribution in [0, 0.1) is 6.92 Å². The number of thiol groups is 1. The van der Waals surface area contributed by atoms with Crippen LogP contribution in [0.2, 0.25) is 0 Å². The molecule has 0 amide bonds. The molecule has 1 aromatic rings. The first kappa shape index (κ1) is 13.4.